The molecule has 2 saturated heterocycles. The van der Waals surface area contributed by atoms with Crippen LogP contribution in [-0.2, 0) is 29.2 Å². The summed E-state index contributed by atoms with van der Waals surface area (Å²) in [4.78, 5) is 0. The molecule has 3 heterocycles. The van der Waals surface area contributed by atoms with Crippen molar-refractivity contribution in [3.63, 3.8) is 0 Å². The molecule has 0 bridgehead atoms. The number of rotatable bonds is 13. The Kier molecular flexibility index (Phi) is 10.3. The zero-order chi connectivity index (χ0) is 30.2. The van der Waals surface area contributed by atoms with E-state index in [1.807, 2.05) is 36.4 Å². The van der Waals surface area contributed by atoms with Crippen LogP contribution in [0.3, 0.4) is 0 Å². The SMILES string of the molecule is C[C@@H]([C@@H]1O[C@H]1C[C@H]1CO[C@@H](Cc2cc(-c3ccccc3)no2)[C@@H](O[Si](C)(C)C)[C@@H]1O[Si](C)(C)C)[C@H](C)O[Si](C)(C)C. The molecule has 2 aromatic rings. The molecule has 2 aliphatic rings. The lowest BCUT2D eigenvalue weighted by Crippen LogP contribution is -2.58. The molecule has 4 rings (SSSR count). The molecule has 0 N–H and O–H groups in total. The molecule has 0 radical (unpaired) electrons. The second kappa shape index (κ2) is 12.9. The second-order valence-corrected chi connectivity index (χ2v) is 28.3. The maximum Gasteiger partial charge on any atom is 0.184 e. The third-order valence-corrected chi connectivity index (χ3v) is 10.7. The highest BCUT2D eigenvalue weighted by molar-refractivity contribution is 6.70. The van der Waals surface area contributed by atoms with Crippen molar-refractivity contribution in [1.29, 1.82) is 0 Å². The average molecular weight is 620 g/mol. The van der Waals surface area contributed by atoms with E-state index < -0.39 is 25.0 Å². The third-order valence-electron chi connectivity index (χ3n) is 7.64. The predicted molar refractivity (Wildman–Crippen MR) is 172 cm³/mol. The highest BCUT2D eigenvalue weighted by Crippen LogP contribution is 2.41. The molecule has 10 heteroatoms. The molecule has 0 amide bonds. The van der Waals surface area contributed by atoms with Gasteiger partial charge >= 0.3 is 0 Å². The van der Waals surface area contributed by atoms with Crippen LogP contribution in [-0.4, -0.2) is 73.3 Å². The molecule has 41 heavy (non-hydrogen) atoms. The molecule has 0 spiro atoms. The number of epoxide rings is 1. The molecular formula is C31H53NO6Si3. The summed E-state index contributed by atoms with van der Waals surface area (Å²) in [5.41, 5.74) is 1.88. The van der Waals surface area contributed by atoms with Crippen LogP contribution in [0.15, 0.2) is 40.9 Å². The van der Waals surface area contributed by atoms with E-state index in [-0.39, 0.29) is 42.5 Å². The topological polar surface area (TPSA) is 75.5 Å². The molecule has 1 aromatic heterocycles. The van der Waals surface area contributed by atoms with Crippen molar-refractivity contribution in [2.24, 2.45) is 11.8 Å². The van der Waals surface area contributed by atoms with Crippen LogP contribution in [0.2, 0.25) is 58.9 Å². The minimum absolute atomic E-state index is 0.0560. The van der Waals surface area contributed by atoms with Crippen molar-refractivity contribution in [3.8, 4) is 11.3 Å². The lowest BCUT2D eigenvalue weighted by molar-refractivity contribution is -0.153. The van der Waals surface area contributed by atoms with Gasteiger partial charge in [0, 0.05) is 36.0 Å². The van der Waals surface area contributed by atoms with Crippen LogP contribution in [0.5, 0.6) is 0 Å². The van der Waals surface area contributed by atoms with Gasteiger partial charge < -0.3 is 27.3 Å². The molecule has 230 valence electrons. The van der Waals surface area contributed by atoms with Crippen LogP contribution < -0.4 is 0 Å². The Bertz CT molecular complexity index is 1110. The van der Waals surface area contributed by atoms with Gasteiger partial charge in [-0.15, -0.1) is 0 Å². The molecule has 0 saturated carbocycles. The van der Waals surface area contributed by atoms with Gasteiger partial charge in [0.25, 0.3) is 0 Å². The fourth-order valence-electron chi connectivity index (χ4n) is 5.81. The monoisotopic (exact) mass is 619 g/mol. The number of benzene rings is 1. The molecule has 7 nitrogen and oxygen atoms in total. The summed E-state index contributed by atoms with van der Waals surface area (Å²) in [6.45, 7) is 25.3. The van der Waals surface area contributed by atoms with Crippen LogP contribution >= 0.6 is 0 Å². The summed E-state index contributed by atoms with van der Waals surface area (Å²) < 4.78 is 39.0. The van der Waals surface area contributed by atoms with Crippen molar-refractivity contribution in [2.75, 3.05) is 6.61 Å². The van der Waals surface area contributed by atoms with Gasteiger partial charge in [-0.25, -0.2) is 0 Å². The summed E-state index contributed by atoms with van der Waals surface area (Å²) in [6.07, 6.45) is 1.69. The van der Waals surface area contributed by atoms with E-state index in [0.29, 0.717) is 18.9 Å². The fraction of sp³-hybridized carbons (Fsp3) is 0.710. The molecule has 0 aliphatic carbocycles. The third kappa shape index (κ3) is 9.69. The zero-order valence-electron chi connectivity index (χ0n) is 27.1. The first-order chi connectivity index (χ1) is 19.0. The lowest BCUT2D eigenvalue weighted by atomic mass is 9.86. The standard InChI is InChI=1S/C31H53NO6Si3/c1-21(22(2)36-39(3,4)5)29-28(34-29)17-24-20-33-27(31(38-41(9,10)11)30(24)37-40(6,7)8)19-25-18-26(32-35-25)23-15-13-12-14-16-23/h12-16,18,21-22,24,27-31H,17,19-20H2,1-11H3/t21-,22+,24+,27+,28+,29+,30-,31-/m1/s1. The highest BCUT2D eigenvalue weighted by Gasteiger charge is 2.51. The van der Waals surface area contributed by atoms with Crippen molar-refractivity contribution in [2.45, 2.75) is 122 Å². The van der Waals surface area contributed by atoms with E-state index in [9.17, 15) is 0 Å². The van der Waals surface area contributed by atoms with Crippen LogP contribution in [0, 0.1) is 11.8 Å². The van der Waals surface area contributed by atoms with E-state index in [0.717, 1.165) is 23.4 Å². The average Bonchev–Trinajstić information content (AvgIpc) is 3.45. The molecule has 1 aromatic carbocycles. The number of aromatic nitrogens is 1. The maximum absolute atomic E-state index is 6.97. The first-order valence-corrected chi connectivity index (χ1v) is 25.5. The van der Waals surface area contributed by atoms with Gasteiger partial charge in [-0.05, 0) is 72.3 Å². The summed E-state index contributed by atoms with van der Waals surface area (Å²) in [5, 5.41) is 4.34. The van der Waals surface area contributed by atoms with Crippen molar-refractivity contribution >= 4 is 25.0 Å². The summed E-state index contributed by atoms with van der Waals surface area (Å²) in [7, 11) is -5.43. The number of nitrogens with zero attached hydrogens (tertiary/aromatic N) is 1. The fourth-order valence-corrected chi connectivity index (χ4v) is 9.38. The van der Waals surface area contributed by atoms with Crippen molar-refractivity contribution in [3.05, 3.63) is 42.2 Å². The molecule has 0 unspecified atom stereocenters. The molecule has 2 aliphatic heterocycles. The predicted octanol–water partition coefficient (Wildman–Crippen LogP) is 7.37. The largest absolute Gasteiger partial charge is 0.415 e. The van der Waals surface area contributed by atoms with E-state index >= 15 is 0 Å². The minimum atomic E-state index is -1.93. The first-order valence-electron chi connectivity index (χ1n) is 15.3. The van der Waals surface area contributed by atoms with Crippen LogP contribution in [0.25, 0.3) is 11.3 Å². The van der Waals surface area contributed by atoms with E-state index in [1.165, 1.54) is 0 Å². The van der Waals surface area contributed by atoms with Gasteiger partial charge in [-0.3, -0.25) is 0 Å². The normalized spacial score (nSPS) is 28.9. The van der Waals surface area contributed by atoms with E-state index in [1.54, 1.807) is 0 Å². The Labute approximate surface area is 251 Å². The number of hydrogen-bond donors (Lipinski definition) is 0. The Balaban J connectivity index is 1.50. The van der Waals surface area contributed by atoms with Crippen molar-refractivity contribution < 1.29 is 27.3 Å². The minimum Gasteiger partial charge on any atom is -0.415 e. The van der Waals surface area contributed by atoms with Gasteiger partial charge in [0.2, 0.25) is 0 Å². The van der Waals surface area contributed by atoms with Gasteiger partial charge in [0.1, 0.15) is 11.5 Å². The van der Waals surface area contributed by atoms with Gasteiger partial charge in [0.15, 0.2) is 25.0 Å². The Morgan fingerprint density at radius 2 is 1.49 bits per heavy atom. The van der Waals surface area contributed by atoms with Crippen molar-refractivity contribution in [1.82, 2.24) is 5.16 Å². The van der Waals surface area contributed by atoms with Gasteiger partial charge in [0.05, 0.1) is 37.1 Å². The second-order valence-electron chi connectivity index (χ2n) is 14.9. The molecule has 2 fully saturated rings. The van der Waals surface area contributed by atoms with Crippen LogP contribution in [0.4, 0.5) is 0 Å². The first kappa shape index (κ1) is 32.8. The number of hydrogen-bond acceptors (Lipinski definition) is 7. The smallest absolute Gasteiger partial charge is 0.184 e. The summed E-state index contributed by atoms with van der Waals surface area (Å²) in [6, 6.07) is 12.1. The molecular weight excluding hydrogens is 567 g/mol. The van der Waals surface area contributed by atoms with E-state index in [2.05, 4.69) is 77.9 Å². The number of ether oxygens (including phenoxy) is 2. The Morgan fingerprint density at radius 3 is 2.10 bits per heavy atom. The Hall–Kier alpha value is -1.12. The van der Waals surface area contributed by atoms with E-state index in [4.69, 9.17) is 27.3 Å². The molecule has 8 atom stereocenters. The Morgan fingerprint density at radius 1 is 0.854 bits per heavy atom. The lowest BCUT2D eigenvalue weighted by Gasteiger charge is -2.47. The summed E-state index contributed by atoms with van der Waals surface area (Å²) in [5.74, 6) is 1.35. The maximum atomic E-state index is 6.97. The van der Waals surface area contributed by atoms with Gasteiger partial charge in [-0.1, -0.05) is 42.4 Å². The highest BCUT2D eigenvalue weighted by atomic mass is 28.4. The zero-order valence-corrected chi connectivity index (χ0v) is 30.1. The van der Waals surface area contributed by atoms with Gasteiger partial charge in [-0.2, -0.15) is 0 Å². The van der Waals surface area contributed by atoms with Crippen LogP contribution in [0.1, 0.15) is 26.0 Å². The summed E-state index contributed by atoms with van der Waals surface area (Å²) >= 11 is 0. The quantitative estimate of drug-likeness (QED) is 0.171.